The van der Waals surface area contributed by atoms with E-state index in [1.165, 1.54) is 47.7 Å². The number of pyridine rings is 1. The monoisotopic (exact) mass is 609 g/mol. The lowest BCUT2D eigenvalue weighted by Gasteiger charge is -2.23. The molecule has 6 nitrogen and oxygen atoms in total. The first-order valence-corrected chi connectivity index (χ1v) is 13.6. The molecule has 210 valence electrons. The summed E-state index contributed by atoms with van der Waals surface area (Å²) in [6, 6.07) is 13.7. The molecule has 0 bridgehead atoms. The summed E-state index contributed by atoms with van der Waals surface area (Å²) >= 11 is 14.1. The first-order valence-electron chi connectivity index (χ1n) is 12.0. The lowest BCUT2D eigenvalue weighted by Crippen LogP contribution is -2.22. The van der Waals surface area contributed by atoms with Crippen LogP contribution in [0.25, 0.3) is 11.3 Å². The molecule has 4 rings (SSSR count). The number of anilines is 1. The summed E-state index contributed by atoms with van der Waals surface area (Å²) in [6.07, 6.45) is -4.75. The van der Waals surface area contributed by atoms with Crippen molar-refractivity contribution in [3.8, 4) is 17.1 Å². The van der Waals surface area contributed by atoms with Crippen molar-refractivity contribution in [3.63, 3.8) is 0 Å². The predicted octanol–water partition coefficient (Wildman–Crippen LogP) is 8.57. The molecule has 0 unspecified atom stereocenters. The molecule has 0 atom stereocenters. The van der Waals surface area contributed by atoms with Gasteiger partial charge in [0.2, 0.25) is 5.88 Å². The highest BCUT2D eigenvalue weighted by Gasteiger charge is 2.37. The molecule has 4 aromatic rings. The molecular formula is C28H24Cl2F3N3O3S. The van der Waals surface area contributed by atoms with Gasteiger partial charge in [-0.2, -0.15) is 17.5 Å². The third kappa shape index (κ3) is 6.51. The number of aromatic carboxylic acids is 1. The van der Waals surface area contributed by atoms with Gasteiger partial charge in [-0.3, -0.25) is 0 Å². The van der Waals surface area contributed by atoms with Crippen LogP contribution in [-0.2, 0) is 19.3 Å². The molecule has 1 N–H and O–H groups in total. The highest BCUT2D eigenvalue weighted by atomic mass is 35.5. The Kier molecular flexibility index (Phi) is 8.92. The second-order valence-corrected chi connectivity index (χ2v) is 10.9. The second kappa shape index (κ2) is 12.0. The van der Waals surface area contributed by atoms with Crippen LogP contribution in [-0.4, -0.2) is 27.5 Å². The minimum atomic E-state index is -4.75. The van der Waals surface area contributed by atoms with Gasteiger partial charge in [0, 0.05) is 35.7 Å². The number of carboxylic acids is 1. The highest BCUT2D eigenvalue weighted by Crippen LogP contribution is 2.41. The van der Waals surface area contributed by atoms with Crippen LogP contribution in [0.4, 0.5) is 18.9 Å². The maximum atomic E-state index is 14.1. The van der Waals surface area contributed by atoms with Gasteiger partial charge in [-0.1, -0.05) is 55.2 Å². The van der Waals surface area contributed by atoms with Crippen molar-refractivity contribution in [1.29, 1.82) is 0 Å². The van der Waals surface area contributed by atoms with Crippen LogP contribution in [0.1, 0.15) is 51.8 Å². The van der Waals surface area contributed by atoms with Crippen LogP contribution in [0.2, 0.25) is 10.0 Å². The van der Waals surface area contributed by atoms with Crippen LogP contribution in [0.3, 0.4) is 0 Å². The smallest absolute Gasteiger partial charge is 0.435 e. The number of rotatable bonds is 9. The average Bonchev–Trinajstić information content (AvgIpc) is 3.30. The van der Waals surface area contributed by atoms with Gasteiger partial charge >= 0.3 is 12.1 Å². The van der Waals surface area contributed by atoms with Crippen molar-refractivity contribution in [2.24, 2.45) is 0 Å². The summed E-state index contributed by atoms with van der Waals surface area (Å²) in [5.41, 5.74) is 1.21. The fourth-order valence-corrected chi connectivity index (χ4v) is 5.57. The molecule has 0 saturated carbocycles. The van der Waals surface area contributed by atoms with E-state index in [-0.39, 0.29) is 36.2 Å². The van der Waals surface area contributed by atoms with E-state index in [2.05, 4.69) is 9.36 Å². The van der Waals surface area contributed by atoms with E-state index in [4.69, 9.17) is 33.0 Å². The van der Waals surface area contributed by atoms with Crippen molar-refractivity contribution in [2.75, 3.05) is 11.9 Å². The van der Waals surface area contributed by atoms with E-state index < -0.39 is 17.8 Å². The van der Waals surface area contributed by atoms with Crippen molar-refractivity contribution >= 4 is 46.4 Å². The van der Waals surface area contributed by atoms with E-state index >= 15 is 0 Å². The molecule has 40 heavy (non-hydrogen) atoms. The maximum Gasteiger partial charge on any atom is 0.435 e. The molecule has 0 saturated heterocycles. The first-order chi connectivity index (χ1) is 18.9. The number of carboxylic acid groups (broad SMARTS) is 1. The Morgan fingerprint density at radius 1 is 1.07 bits per heavy atom. The number of carbonyl (C=O) groups is 1. The fourth-order valence-electron chi connectivity index (χ4n) is 4.12. The Hall–Kier alpha value is -3.34. The molecule has 0 spiro atoms. The zero-order valence-corrected chi connectivity index (χ0v) is 23.9. The molecular weight excluding hydrogens is 586 g/mol. The van der Waals surface area contributed by atoms with Gasteiger partial charge in [0.15, 0.2) is 5.69 Å². The van der Waals surface area contributed by atoms with E-state index in [1.54, 1.807) is 30.3 Å². The SMILES string of the molecule is CC(C)c1snc(-c2c(Cl)cccc2Cl)c1COc1ccc(N(C)Cc2ccc(C(=O)O)cc2)c(C(F)(F)F)n1. The normalized spacial score (nSPS) is 11.6. The van der Waals surface area contributed by atoms with Crippen LogP contribution < -0.4 is 9.64 Å². The molecule has 0 radical (unpaired) electrons. The van der Waals surface area contributed by atoms with Gasteiger partial charge in [-0.15, -0.1) is 0 Å². The van der Waals surface area contributed by atoms with Crippen molar-refractivity contribution in [2.45, 2.75) is 39.1 Å². The Labute approximate surface area is 243 Å². The van der Waals surface area contributed by atoms with Crippen LogP contribution >= 0.6 is 34.7 Å². The molecule has 12 heteroatoms. The Bertz CT molecular complexity index is 1510. The van der Waals surface area contributed by atoms with Crippen molar-refractivity contribution in [3.05, 3.63) is 91.9 Å². The van der Waals surface area contributed by atoms with Crippen molar-refractivity contribution < 1.29 is 27.8 Å². The zero-order chi connectivity index (χ0) is 29.2. The number of halogens is 5. The Balaban J connectivity index is 1.62. The molecule has 0 aliphatic carbocycles. The molecule has 0 aliphatic rings. The Morgan fingerprint density at radius 3 is 2.30 bits per heavy atom. The molecule has 0 fully saturated rings. The van der Waals surface area contributed by atoms with E-state index in [9.17, 15) is 18.0 Å². The quantitative estimate of drug-likeness (QED) is 0.205. The van der Waals surface area contributed by atoms with E-state index in [0.29, 0.717) is 32.4 Å². The maximum absolute atomic E-state index is 14.1. The summed E-state index contributed by atoms with van der Waals surface area (Å²) in [7, 11) is 1.50. The van der Waals surface area contributed by atoms with Gasteiger partial charge in [-0.05, 0) is 53.3 Å². The zero-order valence-electron chi connectivity index (χ0n) is 21.6. The number of ether oxygens (including phenoxy) is 1. The van der Waals surface area contributed by atoms with Crippen LogP contribution in [0.5, 0.6) is 5.88 Å². The number of aromatic nitrogens is 2. The number of hydrogen-bond acceptors (Lipinski definition) is 6. The van der Waals surface area contributed by atoms with E-state index in [0.717, 1.165) is 4.88 Å². The first kappa shape index (κ1) is 29.6. The summed E-state index contributed by atoms with van der Waals surface area (Å²) in [4.78, 5) is 17.2. The second-order valence-electron chi connectivity index (χ2n) is 9.29. The standard InChI is InChI=1S/C28H24Cl2F3N3O3S/c1-15(2)25-18(24(35-40-25)23-19(29)5-4-6-20(23)30)14-39-22-12-11-21(26(34-22)28(31,32)33)36(3)13-16-7-9-17(10-8-16)27(37)38/h4-12,15H,13-14H2,1-3H3,(H,37,38). The summed E-state index contributed by atoms with van der Waals surface area (Å²) in [5.74, 6) is -1.21. The topological polar surface area (TPSA) is 75.5 Å². The largest absolute Gasteiger partial charge is 0.478 e. The van der Waals surface area contributed by atoms with Crippen LogP contribution in [0, 0.1) is 0 Å². The van der Waals surface area contributed by atoms with Crippen LogP contribution in [0.15, 0.2) is 54.6 Å². The number of nitrogens with zero attached hydrogens (tertiary/aromatic N) is 3. The van der Waals surface area contributed by atoms with Gasteiger partial charge in [0.1, 0.15) is 6.61 Å². The molecule has 0 aliphatic heterocycles. The molecule has 2 aromatic carbocycles. The average molecular weight is 610 g/mol. The van der Waals surface area contributed by atoms with Crippen molar-refractivity contribution in [1.82, 2.24) is 9.36 Å². The van der Waals surface area contributed by atoms with Gasteiger partial charge in [-0.25, -0.2) is 9.78 Å². The van der Waals surface area contributed by atoms with E-state index in [1.807, 2.05) is 13.8 Å². The number of alkyl halides is 3. The lowest BCUT2D eigenvalue weighted by molar-refractivity contribution is -0.140. The highest BCUT2D eigenvalue weighted by molar-refractivity contribution is 7.06. The van der Waals surface area contributed by atoms with Gasteiger partial charge in [0.25, 0.3) is 0 Å². The lowest BCUT2D eigenvalue weighted by atomic mass is 10.0. The minimum absolute atomic E-state index is 0.0744. The molecule has 2 aromatic heterocycles. The third-order valence-electron chi connectivity index (χ3n) is 6.06. The molecule has 2 heterocycles. The minimum Gasteiger partial charge on any atom is -0.478 e. The Morgan fingerprint density at radius 2 is 1.73 bits per heavy atom. The van der Waals surface area contributed by atoms with Gasteiger partial charge < -0.3 is 14.7 Å². The predicted molar refractivity (Wildman–Crippen MR) is 151 cm³/mol. The summed E-state index contributed by atoms with van der Waals surface area (Å²) in [5, 5.41) is 9.86. The summed E-state index contributed by atoms with van der Waals surface area (Å²) < 4.78 is 52.6. The number of benzene rings is 2. The summed E-state index contributed by atoms with van der Waals surface area (Å²) in [6.45, 7) is 3.98. The fraction of sp³-hybridized carbons (Fsp3) is 0.250. The number of hydrogen-bond donors (Lipinski definition) is 1. The third-order valence-corrected chi connectivity index (χ3v) is 7.87. The molecule has 0 amide bonds. The van der Waals surface area contributed by atoms with Gasteiger partial charge in [0.05, 0.1) is 27.0 Å².